The van der Waals surface area contributed by atoms with Crippen LogP contribution in [-0.2, 0) is 9.59 Å². The standard InChI is InChI=1S/C3H6N2O2/c4-2-5-3(7)1-6/h1H,2,4H2,(H,5,7). The number of carbonyl (C=O) groups excluding carboxylic acids is 2. The van der Waals surface area contributed by atoms with Crippen molar-refractivity contribution in [3.05, 3.63) is 0 Å². The van der Waals surface area contributed by atoms with E-state index >= 15 is 0 Å². The van der Waals surface area contributed by atoms with Crippen molar-refractivity contribution >= 4 is 12.2 Å². The summed E-state index contributed by atoms with van der Waals surface area (Å²) in [6.07, 6.45) is 0.173. The van der Waals surface area contributed by atoms with Gasteiger partial charge in [0.05, 0.1) is 6.67 Å². The molecule has 7 heavy (non-hydrogen) atoms. The van der Waals surface area contributed by atoms with Gasteiger partial charge in [-0.2, -0.15) is 0 Å². The third kappa shape index (κ3) is 2.92. The monoisotopic (exact) mass is 102 g/mol. The minimum Gasteiger partial charge on any atom is -0.337 e. The van der Waals surface area contributed by atoms with Gasteiger partial charge in [-0.1, -0.05) is 0 Å². The summed E-state index contributed by atoms with van der Waals surface area (Å²) in [5.74, 6) is -0.678. The van der Waals surface area contributed by atoms with E-state index in [2.05, 4.69) is 5.32 Å². The molecule has 4 nitrogen and oxygen atoms in total. The number of aldehydes is 1. The Morgan fingerprint density at radius 2 is 2.43 bits per heavy atom. The van der Waals surface area contributed by atoms with Crippen molar-refractivity contribution in [2.24, 2.45) is 5.73 Å². The SMILES string of the molecule is NCNC(=O)C=O. The molecule has 0 aliphatic carbocycles. The smallest absolute Gasteiger partial charge is 0.285 e. The Hall–Kier alpha value is -0.900. The maximum atomic E-state index is 9.85. The van der Waals surface area contributed by atoms with Crippen LogP contribution >= 0.6 is 0 Å². The highest BCUT2D eigenvalue weighted by Crippen LogP contribution is 1.46. The third-order valence-corrected chi connectivity index (χ3v) is 0.383. The molecule has 0 aliphatic rings. The summed E-state index contributed by atoms with van der Waals surface area (Å²) in [4.78, 5) is 19.3. The number of hydrogen-bond donors (Lipinski definition) is 2. The molecule has 0 bridgehead atoms. The molecular formula is C3H6N2O2. The second-order valence-corrected chi connectivity index (χ2v) is 0.863. The van der Waals surface area contributed by atoms with Crippen molar-refractivity contribution in [2.75, 3.05) is 6.67 Å². The fraction of sp³-hybridized carbons (Fsp3) is 0.333. The first-order valence-corrected chi connectivity index (χ1v) is 1.74. The van der Waals surface area contributed by atoms with Crippen molar-refractivity contribution in [3.8, 4) is 0 Å². The summed E-state index contributed by atoms with van der Waals surface area (Å²) in [7, 11) is 0. The van der Waals surface area contributed by atoms with Gasteiger partial charge in [-0.05, 0) is 0 Å². The van der Waals surface area contributed by atoms with Gasteiger partial charge in [-0.25, -0.2) is 0 Å². The molecule has 0 aromatic carbocycles. The third-order valence-electron chi connectivity index (χ3n) is 0.383. The van der Waals surface area contributed by atoms with E-state index in [0.717, 1.165) is 0 Å². The van der Waals surface area contributed by atoms with Crippen LogP contribution in [0.2, 0.25) is 0 Å². The Labute approximate surface area is 40.7 Å². The zero-order valence-corrected chi connectivity index (χ0v) is 3.68. The molecule has 0 saturated heterocycles. The summed E-state index contributed by atoms with van der Waals surface area (Å²) in [6, 6.07) is 0. The second-order valence-electron chi connectivity index (χ2n) is 0.863. The van der Waals surface area contributed by atoms with Gasteiger partial charge in [-0.15, -0.1) is 0 Å². The Morgan fingerprint density at radius 3 is 2.57 bits per heavy atom. The molecule has 4 heteroatoms. The average Bonchev–Trinajstić information content (AvgIpc) is 1.68. The van der Waals surface area contributed by atoms with E-state index in [9.17, 15) is 9.59 Å². The predicted octanol–water partition coefficient (Wildman–Crippen LogP) is -1.78. The number of nitrogens with two attached hydrogens (primary N) is 1. The van der Waals surface area contributed by atoms with Gasteiger partial charge in [0.25, 0.3) is 5.91 Å². The highest BCUT2D eigenvalue weighted by atomic mass is 16.2. The average molecular weight is 102 g/mol. The molecule has 1 amide bonds. The number of rotatable bonds is 2. The topological polar surface area (TPSA) is 72.2 Å². The minimum atomic E-state index is -0.678. The maximum Gasteiger partial charge on any atom is 0.285 e. The van der Waals surface area contributed by atoms with Gasteiger partial charge in [0.15, 0.2) is 0 Å². The van der Waals surface area contributed by atoms with E-state index in [-0.39, 0.29) is 13.0 Å². The molecule has 3 N–H and O–H groups in total. The van der Waals surface area contributed by atoms with Crippen LogP contribution in [0.4, 0.5) is 0 Å². The first-order valence-electron chi connectivity index (χ1n) is 1.74. The van der Waals surface area contributed by atoms with Crippen LogP contribution in [0, 0.1) is 0 Å². The van der Waals surface area contributed by atoms with Crippen LogP contribution in [0.3, 0.4) is 0 Å². The Balaban J connectivity index is 3.17. The molecule has 0 aromatic heterocycles. The van der Waals surface area contributed by atoms with Gasteiger partial charge in [0, 0.05) is 0 Å². The van der Waals surface area contributed by atoms with Crippen LogP contribution in [0.1, 0.15) is 0 Å². The number of nitrogens with one attached hydrogen (secondary N) is 1. The quantitative estimate of drug-likeness (QED) is 0.246. The van der Waals surface area contributed by atoms with Gasteiger partial charge in [0.2, 0.25) is 6.29 Å². The zero-order valence-electron chi connectivity index (χ0n) is 3.68. The van der Waals surface area contributed by atoms with Crippen molar-refractivity contribution < 1.29 is 9.59 Å². The van der Waals surface area contributed by atoms with Crippen molar-refractivity contribution in [3.63, 3.8) is 0 Å². The lowest BCUT2D eigenvalue weighted by Gasteiger charge is -1.88. The molecule has 0 rings (SSSR count). The van der Waals surface area contributed by atoms with Crippen LogP contribution in [0.5, 0.6) is 0 Å². The van der Waals surface area contributed by atoms with Gasteiger partial charge in [-0.3, -0.25) is 9.59 Å². The summed E-state index contributed by atoms with van der Waals surface area (Å²) >= 11 is 0. The highest BCUT2D eigenvalue weighted by molar-refractivity contribution is 6.23. The van der Waals surface area contributed by atoms with Crippen LogP contribution in [-0.4, -0.2) is 18.9 Å². The molecular weight excluding hydrogens is 96.0 g/mol. The van der Waals surface area contributed by atoms with E-state index in [1.807, 2.05) is 0 Å². The Bertz CT molecular complexity index is 81.0. The molecule has 0 atom stereocenters. The molecule has 0 radical (unpaired) electrons. The minimum absolute atomic E-state index is 0.0115. The molecule has 0 heterocycles. The van der Waals surface area contributed by atoms with Gasteiger partial charge < -0.3 is 11.1 Å². The van der Waals surface area contributed by atoms with E-state index in [4.69, 9.17) is 5.73 Å². The van der Waals surface area contributed by atoms with E-state index in [1.54, 1.807) is 0 Å². The van der Waals surface area contributed by atoms with Crippen molar-refractivity contribution in [2.45, 2.75) is 0 Å². The van der Waals surface area contributed by atoms with Crippen LogP contribution in [0.25, 0.3) is 0 Å². The van der Waals surface area contributed by atoms with Crippen LogP contribution < -0.4 is 11.1 Å². The lowest BCUT2D eigenvalue weighted by atomic mass is 10.7. The molecule has 0 saturated carbocycles. The highest BCUT2D eigenvalue weighted by Gasteiger charge is 1.89. The fourth-order valence-corrected chi connectivity index (χ4v) is 0.142. The molecule has 0 fully saturated rings. The first-order chi connectivity index (χ1) is 3.31. The molecule has 0 unspecified atom stereocenters. The molecule has 0 aromatic rings. The molecule has 0 spiro atoms. The van der Waals surface area contributed by atoms with Crippen molar-refractivity contribution in [1.29, 1.82) is 0 Å². The summed E-state index contributed by atoms with van der Waals surface area (Å²) in [6.45, 7) is 0.0115. The summed E-state index contributed by atoms with van der Waals surface area (Å²) in [5.41, 5.74) is 4.81. The van der Waals surface area contributed by atoms with E-state index < -0.39 is 5.91 Å². The van der Waals surface area contributed by atoms with Crippen LogP contribution in [0.15, 0.2) is 0 Å². The number of amides is 1. The number of carbonyl (C=O) groups is 2. The zero-order chi connectivity index (χ0) is 5.70. The summed E-state index contributed by atoms with van der Waals surface area (Å²) in [5, 5.41) is 2.07. The predicted molar refractivity (Wildman–Crippen MR) is 23.3 cm³/mol. The largest absolute Gasteiger partial charge is 0.337 e. The summed E-state index contributed by atoms with van der Waals surface area (Å²) < 4.78 is 0. The maximum absolute atomic E-state index is 9.85. The second kappa shape index (κ2) is 3.30. The molecule has 40 valence electrons. The molecule has 0 aliphatic heterocycles. The van der Waals surface area contributed by atoms with Crippen molar-refractivity contribution in [1.82, 2.24) is 5.32 Å². The number of hydrogen-bond acceptors (Lipinski definition) is 3. The normalized spacial score (nSPS) is 7.57. The van der Waals surface area contributed by atoms with E-state index in [1.165, 1.54) is 0 Å². The van der Waals surface area contributed by atoms with Gasteiger partial charge >= 0.3 is 0 Å². The Morgan fingerprint density at radius 1 is 1.86 bits per heavy atom. The lowest BCUT2D eigenvalue weighted by Crippen LogP contribution is -2.29. The lowest BCUT2D eigenvalue weighted by molar-refractivity contribution is -0.131. The fourth-order valence-electron chi connectivity index (χ4n) is 0.142. The van der Waals surface area contributed by atoms with Gasteiger partial charge in [0.1, 0.15) is 0 Å². The first kappa shape index (κ1) is 6.10. The van der Waals surface area contributed by atoms with E-state index in [0.29, 0.717) is 0 Å². The Kier molecular flexibility index (Phi) is 2.87.